The molecule has 0 aliphatic heterocycles. The van der Waals surface area contributed by atoms with E-state index in [-0.39, 0.29) is 11.2 Å². The normalized spacial score (nSPS) is 10.6. The number of rotatable bonds is 1. The highest BCUT2D eigenvalue weighted by Gasteiger charge is 2.10. The molecule has 16 heavy (non-hydrogen) atoms. The second-order valence-corrected chi connectivity index (χ2v) is 3.35. The zero-order valence-electron chi connectivity index (χ0n) is 8.23. The zero-order chi connectivity index (χ0) is 11.9. The SMILES string of the molecule is Cc1cc([N+](=O)[O-])cc2[nH]c(=O)c(=O)[nH]c12. The molecule has 0 spiro atoms. The highest BCUT2D eigenvalue weighted by Crippen LogP contribution is 2.20. The fourth-order valence-electron chi connectivity index (χ4n) is 1.49. The van der Waals surface area contributed by atoms with Gasteiger partial charge in [0.05, 0.1) is 16.0 Å². The van der Waals surface area contributed by atoms with Crippen molar-refractivity contribution in [3.05, 3.63) is 48.5 Å². The number of non-ortho nitro benzene ring substituents is 1. The Morgan fingerprint density at radius 2 is 1.81 bits per heavy atom. The standard InChI is InChI=1S/C9H7N3O4/c1-4-2-5(12(15)16)3-6-7(4)11-9(14)8(13)10-6/h2-3H,1H3,(H,10,13)(H,11,14). The van der Waals surface area contributed by atoms with Crippen molar-refractivity contribution in [2.45, 2.75) is 6.92 Å². The molecule has 0 aliphatic carbocycles. The van der Waals surface area contributed by atoms with Gasteiger partial charge in [-0.25, -0.2) is 0 Å². The number of aromatic nitrogens is 2. The maximum absolute atomic E-state index is 11.1. The fraction of sp³-hybridized carbons (Fsp3) is 0.111. The maximum atomic E-state index is 11.1. The van der Waals surface area contributed by atoms with Gasteiger partial charge in [0.25, 0.3) is 5.69 Å². The summed E-state index contributed by atoms with van der Waals surface area (Å²) in [6, 6.07) is 2.54. The molecule has 0 unspecified atom stereocenters. The molecule has 2 rings (SSSR count). The summed E-state index contributed by atoms with van der Waals surface area (Å²) in [4.78, 5) is 36.8. The number of nitrogens with one attached hydrogen (secondary N) is 2. The molecule has 1 aromatic heterocycles. The highest BCUT2D eigenvalue weighted by atomic mass is 16.6. The van der Waals surface area contributed by atoms with E-state index in [9.17, 15) is 19.7 Å². The fourth-order valence-corrected chi connectivity index (χ4v) is 1.49. The molecule has 7 nitrogen and oxygen atoms in total. The lowest BCUT2D eigenvalue weighted by Gasteiger charge is -2.01. The first kappa shape index (κ1) is 10.1. The summed E-state index contributed by atoms with van der Waals surface area (Å²) in [6.07, 6.45) is 0. The van der Waals surface area contributed by atoms with Crippen molar-refractivity contribution >= 4 is 16.7 Å². The third kappa shape index (κ3) is 1.48. The van der Waals surface area contributed by atoms with Crippen LogP contribution in [0.2, 0.25) is 0 Å². The number of aromatic amines is 2. The Balaban J connectivity index is 2.93. The average Bonchev–Trinajstić information content (AvgIpc) is 2.20. The molecule has 0 fully saturated rings. The molecule has 82 valence electrons. The summed E-state index contributed by atoms with van der Waals surface area (Å²) >= 11 is 0. The Kier molecular flexibility index (Phi) is 2.08. The Bertz CT molecular complexity index is 698. The van der Waals surface area contributed by atoms with Crippen LogP contribution in [0.25, 0.3) is 11.0 Å². The quantitative estimate of drug-likeness (QED) is 0.413. The van der Waals surface area contributed by atoms with Gasteiger partial charge in [-0.1, -0.05) is 0 Å². The minimum atomic E-state index is -0.826. The zero-order valence-corrected chi connectivity index (χ0v) is 8.23. The van der Waals surface area contributed by atoms with Crippen molar-refractivity contribution in [2.24, 2.45) is 0 Å². The van der Waals surface area contributed by atoms with Gasteiger partial charge in [-0.3, -0.25) is 19.7 Å². The van der Waals surface area contributed by atoms with Gasteiger partial charge in [0, 0.05) is 12.1 Å². The van der Waals surface area contributed by atoms with Crippen molar-refractivity contribution in [1.82, 2.24) is 9.97 Å². The number of nitro groups is 1. The summed E-state index contributed by atoms with van der Waals surface area (Å²) in [5, 5.41) is 10.6. The molecular weight excluding hydrogens is 214 g/mol. The van der Waals surface area contributed by atoms with E-state index in [1.165, 1.54) is 12.1 Å². The molecule has 1 aromatic carbocycles. The van der Waals surface area contributed by atoms with Crippen LogP contribution in [0.15, 0.2) is 21.7 Å². The predicted octanol–water partition coefficient (Wildman–Crippen LogP) is 0.433. The molecule has 0 radical (unpaired) electrons. The van der Waals surface area contributed by atoms with Crippen molar-refractivity contribution in [3.63, 3.8) is 0 Å². The topological polar surface area (TPSA) is 109 Å². The van der Waals surface area contributed by atoms with Crippen LogP contribution < -0.4 is 11.1 Å². The second-order valence-electron chi connectivity index (χ2n) is 3.35. The molecule has 0 bridgehead atoms. The van der Waals surface area contributed by atoms with Crippen LogP contribution in [0.5, 0.6) is 0 Å². The number of nitrogens with zero attached hydrogens (tertiary/aromatic N) is 1. The van der Waals surface area contributed by atoms with Crippen molar-refractivity contribution in [3.8, 4) is 0 Å². The van der Waals surface area contributed by atoms with Gasteiger partial charge in [-0.15, -0.1) is 0 Å². The summed E-state index contributed by atoms with van der Waals surface area (Å²) in [7, 11) is 0. The molecule has 0 saturated carbocycles. The first-order valence-electron chi connectivity index (χ1n) is 4.40. The number of hydrogen-bond donors (Lipinski definition) is 2. The minimum Gasteiger partial charge on any atom is -0.316 e. The average molecular weight is 221 g/mol. The lowest BCUT2D eigenvalue weighted by Crippen LogP contribution is -2.29. The Hall–Kier alpha value is -2.44. The van der Waals surface area contributed by atoms with Gasteiger partial charge >= 0.3 is 11.1 Å². The highest BCUT2D eigenvalue weighted by molar-refractivity contribution is 5.80. The molecule has 1 heterocycles. The third-order valence-corrected chi connectivity index (χ3v) is 2.22. The van der Waals surface area contributed by atoms with Gasteiger partial charge < -0.3 is 9.97 Å². The van der Waals surface area contributed by atoms with Gasteiger partial charge in [0.15, 0.2) is 0 Å². The Morgan fingerprint density at radius 1 is 1.19 bits per heavy atom. The van der Waals surface area contributed by atoms with Crippen LogP contribution in [0.3, 0.4) is 0 Å². The van der Waals surface area contributed by atoms with Crippen LogP contribution in [0, 0.1) is 17.0 Å². The Morgan fingerprint density at radius 3 is 2.44 bits per heavy atom. The molecule has 0 aliphatic rings. The first-order valence-corrected chi connectivity index (χ1v) is 4.40. The molecule has 2 N–H and O–H groups in total. The van der Waals surface area contributed by atoms with Crippen LogP contribution in [0.1, 0.15) is 5.56 Å². The summed E-state index contributed by atoms with van der Waals surface area (Å²) in [5.41, 5.74) is -0.561. The van der Waals surface area contributed by atoms with Gasteiger partial charge in [0.1, 0.15) is 0 Å². The van der Waals surface area contributed by atoms with E-state index >= 15 is 0 Å². The van der Waals surface area contributed by atoms with E-state index in [1.54, 1.807) is 6.92 Å². The maximum Gasteiger partial charge on any atom is 0.314 e. The van der Waals surface area contributed by atoms with E-state index < -0.39 is 16.0 Å². The minimum absolute atomic E-state index is 0.132. The van der Waals surface area contributed by atoms with Crippen molar-refractivity contribution < 1.29 is 4.92 Å². The molecule has 7 heteroatoms. The number of benzene rings is 1. The largest absolute Gasteiger partial charge is 0.316 e. The molecule has 0 atom stereocenters. The third-order valence-electron chi connectivity index (χ3n) is 2.22. The van der Waals surface area contributed by atoms with E-state index in [0.29, 0.717) is 11.1 Å². The van der Waals surface area contributed by atoms with Crippen LogP contribution in [-0.2, 0) is 0 Å². The van der Waals surface area contributed by atoms with E-state index in [1.807, 2.05) is 0 Å². The second kappa shape index (κ2) is 3.30. The van der Waals surface area contributed by atoms with Crippen LogP contribution in [-0.4, -0.2) is 14.9 Å². The van der Waals surface area contributed by atoms with E-state index in [2.05, 4.69) is 9.97 Å². The van der Waals surface area contributed by atoms with Gasteiger partial charge in [0.2, 0.25) is 0 Å². The number of nitro benzene ring substituents is 1. The number of aryl methyl sites for hydroxylation is 1. The molecular formula is C9H7N3O4. The molecule has 0 amide bonds. The lowest BCUT2D eigenvalue weighted by molar-refractivity contribution is -0.384. The number of fused-ring (bicyclic) bond motifs is 1. The monoisotopic (exact) mass is 221 g/mol. The van der Waals surface area contributed by atoms with Crippen molar-refractivity contribution in [2.75, 3.05) is 0 Å². The Labute approximate surface area is 87.9 Å². The number of hydrogen-bond acceptors (Lipinski definition) is 4. The van der Waals surface area contributed by atoms with Crippen LogP contribution >= 0.6 is 0 Å². The molecule has 2 aromatic rings. The van der Waals surface area contributed by atoms with Crippen molar-refractivity contribution in [1.29, 1.82) is 0 Å². The lowest BCUT2D eigenvalue weighted by atomic mass is 10.2. The molecule has 0 saturated heterocycles. The first-order chi connectivity index (χ1) is 7.49. The van der Waals surface area contributed by atoms with E-state index in [4.69, 9.17) is 0 Å². The van der Waals surface area contributed by atoms with Gasteiger partial charge in [-0.2, -0.15) is 0 Å². The summed E-state index contributed by atoms with van der Waals surface area (Å²) in [5.74, 6) is 0. The van der Waals surface area contributed by atoms with E-state index in [0.717, 1.165) is 0 Å². The summed E-state index contributed by atoms with van der Waals surface area (Å²) < 4.78 is 0. The van der Waals surface area contributed by atoms with Crippen LogP contribution in [0.4, 0.5) is 5.69 Å². The van der Waals surface area contributed by atoms with Gasteiger partial charge in [-0.05, 0) is 12.5 Å². The summed E-state index contributed by atoms with van der Waals surface area (Å²) in [6.45, 7) is 1.61. The predicted molar refractivity (Wildman–Crippen MR) is 56.6 cm³/mol. The smallest absolute Gasteiger partial charge is 0.314 e. The number of H-pyrrole nitrogens is 2.